The van der Waals surface area contributed by atoms with Gasteiger partial charge in [-0.05, 0) is 24.6 Å². The summed E-state index contributed by atoms with van der Waals surface area (Å²) in [5.41, 5.74) is -1.60. The number of carboxylic acid groups (broad SMARTS) is 1. The van der Waals surface area contributed by atoms with Crippen LogP contribution in [-0.2, 0) is 17.4 Å². The quantitative estimate of drug-likeness (QED) is 0.792. The Morgan fingerprint density at radius 1 is 1.17 bits per heavy atom. The summed E-state index contributed by atoms with van der Waals surface area (Å²) in [5.74, 6) is -3.98. The molecule has 0 radical (unpaired) electrons. The van der Waals surface area contributed by atoms with Crippen molar-refractivity contribution < 1.29 is 31.9 Å². The summed E-state index contributed by atoms with van der Waals surface area (Å²) in [6.07, 6.45) is -5.45. The van der Waals surface area contributed by atoms with E-state index in [9.17, 15) is 26.7 Å². The molecule has 2 N–H and O–H groups in total. The highest BCUT2D eigenvalue weighted by molar-refractivity contribution is 5.76. The number of alkyl halides is 3. The van der Waals surface area contributed by atoms with E-state index in [1.807, 2.05) is 0 Å². The molecular weight excluding hydrogens is 333 g/mol. The van der Waals surface area contributed by atoms with Crippen LogP contribution in [0.15, 0.2) is 30.3 Å². The molecule has 2 rings (SSSR count). The first-order valence-corrected chi connectivity index (χ1v) is 6.72. The molecule has 0 atom stereocenters. The van der Waals surface area contributed by atoms with Crippen LogP contribution in [0.3, 0.4) is 0 Å². The van der Waals surface area contributed by atoms with Gasteiger partial charge in [0.2, 0.25) is 0 Å². The van der Waals surface area contributed by atoms with Gasteiger partial charge in [0, 0.05) is 11.8 Å². The third-order valence-electron chi connectivity index (χ3n) is 3.22. The van der Waals surface area contributed by atoms with Crippen LogP contribution < -0.4 is 5.32 Å². The van der Waals surface area contributed by atoms with Crippen molar-refractivity contribution in [3.05, 3.63) is 58.7 Å². The number of rotatable bonds is 4. The molecule has 2 aromatic carbocycles. The van der Waals surface area contributed by atoms with E-state index in [-0.39, 0.29) is 17.3 Å². The fraction of sp³-hybridized carbons (Fsp3) is 0.188. The molecule has 0 aliphatic heterocycles. The molecule has 0 fully saturated rings. The Morgan fingerprint density at radius 3 is 2.42 bits per heavy atom. The largest absolute Gasteiger partial charge is 0.481 e. The minimum atomic E-state index is -4.98. The first-order chi connectivity index (χ1) is 11.1. The Balaban J connectivity index is 2.54. The van der Waals surface area contributed by atoms with Crippen molar-refractivity contribution in [1.29, 1.82) is 0 Å². The van der Waals surface area contributed by atoms with Crippen LogP contribution in [0.4, 0.5) is 33.3 Å². The maximum Gasteiger partial charge on any atom is 0.418 e. The highest BCUT2D eigenvalue weighted by atomic mass is 19.4. The molecule has 0 saturated heterocycles. The van der Waals surface area contributed by atoms with Gasteiger partial charge in [0.1, 0.15) is 11.6 Å². The predicted octanol–water partition coefficient (Wildman–Crippen LogP) is 4.66. The number of benzene rings is 2. The highest BCUT2D eigenvalue weighted by Gasteiger charge is 2.36. The topological polar surface area (TPSA) is 49.3 Å². The van der Waals surface area contributed by atoms with Crippen molar-refractivity contribution in [3.8, 4) is 0 Å². The van der Waals surface area contributed by atoms with Crippen LogP contribution in [0.2, 0.25) is 0 Å². The summed E-state index contributed by atoms with van der Waals surface area (Å²) in [5, 5.41) is 11.1. The standard InChI is InChI=1S/C16H12F5NO2/c1-8-2-3-13(9(4-8)5-14(23)24)22-15-11(16(19,20)21)6-10(17)7-12(15)18/h2-4,6-7,22H,5H2,1H3,(H,23,24). The van der Waals surface area contributed by atoms with E-state index in [1.54, 1.807) is 6.92 Å². The first-order valence-electron chi connectivity index (χ1n) is 6.72. The number of carboxylic acids is 1. The van der Waals surface area contributed by atoms with E-state index in [0.29, 0.717) is 11.6 Å². The van der Waals surface area contributed by atoms with Gasteiger partial charge in [0.25, 0.3) is 0 Å². The second-order valence-electron chi connectivity index (χ2n) is 5.16. The summed E-state index contributed by atoms with van der Waals surface area (Å²) < 4.78 is 66.1. The lowest BCUT2D eigenvalue weighted by Gasteiger charge is -2.17. The fourth-order valence-electron chi connectivity index (χ4n) is 2.21. The van der Waals surface area contributed by atoms with Gasteiger partial charge < -0.3 is 10.4 Å². The van der Waals surface area contributed by atoms with Crippen LogP contribution in [0.25, 0.3) is 0 Å². The van der Waals surface area contributed by atoms with Crippen molar-refractivity contribution in [2.75, 3.05) is 5.32 Å². The molecule has 2 aromatic rings. The van der Waals surface area contributed by atoms with Gasteiger partial charge in [-0.3, -0.25) is 4.79 Å². The SMILES string of the molecule is Cc1ccc(Nc2c(F)cc(F)cc2C(F)(F)F)c(CC(=O)O)c1. The Labute approximate surface area is 133 Å². The van der Waals surface area contributed by atoms with E-state index in [2.05, 4.69) is 5.32 Å². The Bertz CT molecular complexity index is 787. The van der Waals surface area contributed by atoms with Gasteiger partial charge in [0.15, 0.2) is 0 Å². The normalized spacial score (nSPS) is 11.4. The molecule has 0 amide bonds. The molecule has 0 aliphatic rings. The smallest absolute Gasteiger partial charge is 0.418 e. The molecule has 24 heavy (non-hydrogen) atoms. The molecule has 0 spiro atoms. The number of hydrogen-bond donors (Lipinski definition) is 2. The predicted molar refractivity (Wildman–Crippen MR) is 77.2 cm³/mol. The molecule has 0 aromatic heterocycles. The fourth-order valence-corrected chi connectivity index (χ4v) is 2.21. The Morgan fingerprint density at radius 2 is 1.83 bits per heavy atom. The van der Waals surface area contributed by atoms with E-state index in [1.165, 1.54) is 18.2 Å². The van der Waals surface area contributed by atoms with Gasteiger partial charge in [-0.2, -0.15) is 13.2 Å². The van der Waals surface area contributed by atoms with Crippen molar-refractivity contribution in [2.24, 2.45) is 0 Å². The zero-order valence-corrected chi connectivity index (χ0v) is 12.3. The van der Waals surface area contributed by atoms with E-state index in [0.717, 1.165) is 0 Å². The summed E-state index contributed by atoms with van der Waals surface area (Å²) in [6, 6.07) is 4.84. The monoisotopic (exact) mass is 345 g/mol. The van der Waals surface area contributed by atoms with Crippen LogP contribution in [0.5, 0.6) is 0 Å². The molecule has 0 unspecified atom stereocenters. The minimum Gasteiger partial charge on any atom is -0.481 e. The van der Waals surface area contributed by atoms with Gasteiger partial charge in [-0.25, -0.2) is 8.78 Å². The number of halogens is 5. The lowest BCUT2D eigenvalue weighted by molar-refractivity contribution is -0.137. The highest BCUT2D eigenvalue weighted by Crippen LogP contribution is 2.38. The van der Waals surface area contributed by atoms with Crippen molar-refractivity contribution in [2.45, 2.75) is 19.5 Å². The average molecular weight is 345 g/mol. The summed E-state index contributed by atoms with van der Waals surface area (Å²) in [4.78, 5) is 10.9. The van der Waals surface area contributed by atoms with E-state index < -0.39 is 41.5 Å². The van der Waals surface area contributed by atoms with Crippen LogP contribution in [0.1, 0.15) is 16.7 Å². The van der Waals surface area contributed by atoms with Crippen LogP contribution in [-0.4, -0.2) is 11.1 Å². The maximum atomic E-state index is 13.9. The molecule has 8 heteroatoms. The second kappa shape index (κ2) is 6.46. The van der Waals surface area contributed by atoms with Crippen molar-refractivity contribution in [3.63, 3.8) is 0 Å². The number of aryl methyl sites for hydroxylation is 1. The Hall–Kier alpha value is -2.64. The zero-order chi connectivity index (χ0) is 18.1. The molecule has 0 saturated carbocycles. The van der Waals surface area contributed by atoms with E-state index in [4.69, 9.17) is 5.11 Å². The number of anilines is 2. The summed E-state index contributed by atoms with van der Waals surface area (Å²) >= 11 is 0. The minimum absolute atomic E-state index is 0.000918. The van der Waals surface area contributed by atoms with Gasteiger partial charge in [-0.15, -0.1) is 0 Å². The first kappa shape index (κ1) is 17.7. The molecule has 0 heterocycles. The third kappa shape index (κ3) is 4.01. The molecule has 3 nitrogen and oxygen atoms in total. The van der Waals surface area contributed by atoms with Gasteiger partial charge in [0.05, 0.1) is 17.7 Å². The maximum absolute atomic E-state index is 13.9. The number of aliphatic carboxylic acids is 1. The van der Waals surface area contributed by atoms with E-state index >= 15 is 0 Å². The molecular formula is C16H12F5NO2. The second-order valence-corrected chi connectivity index (χ2v) is 5.16. The Kier molecular flexibility index (Phi) is 4.77. The number of nitrogens with one attached hydrogen (secondary N) is 1. The van der Waals surface area contributed by atoms with Crippen LogP contribution in [0, 0.1) is 18.6 Å². The summed E-state index contributed by atoms with van der Waals surface area (Å²) in [7, 11) is 0. The van der Waals surface area contributed by atoms with Crippen molar-refractivity contribution in [1.82, 2.24) is 0 Å². The third-order valence-corrected chi connectivity index (χ3v) is 3.22. The summed E-state index contributed by atoms with van der Waals surface area (Å²) in [6.45, 7) is 1.68. The average Bonchev–Trinajstić information content (AvgIpc) is 2.42. The lowest BCUT2D eigenvalue weighted by atomic mass is 10.0. The van der Waals surface area contributed by atoms with Crippen LogP contribution >= 0.6 is 0 Å². The van der Waals surface area contributed by atoms with Crippen molar-refractivity contribution >= 4 is 17.3 Å². The number of hydrogen-bond acceptors (Lipinski definition) is 2. The molecule has 0 bridgehead atoms. The number of carbonyl (C=O) groups is 1. The van der Waals surface area contributed by atoms with Gasteiger partial charge in [-0.1, -0.05) is 17.7 Å². The zero-order valence-electron chi connectivity index (χ0n) is 12.3. The molecule has 0 aliphatic carbocycles. The lowest BCUT2D eigenvalue weighted by Crippen LogP contribution is -2.12. The molecule has 128 valence electrons. The van der Waals surface area contributed by atoms with Gasteiger partial charge >= 0.3 is 12.1 Å².